The zero-order chi connectivity index (χ0) is 21.0. The molecule has 0 saturated heterocycles. The maximum atomic E-state index is 14.0. The molecule has 3 aromatic rings. The number of carbonyl (C=O) groups is 1. The number of hydrogen-bond acceptors (Lipinski definition) is 3. The highest BCUT2D eigenvalue weighted by molar-refractivity contribution is 9.10. The summed E-state index contributed by atoms with van der Waals surface area (Å²) in [6, 6.07) is 14.6. The Bertz CT molecular complexity index is 1040. The van der Waals surface area contributed by atoms with Crippen molar-refractivity contribution in [2.45, 2.75) is 13.2 Å². The van der Waals surface area contributed by atoms with E-state index in [0.29, 0.717) is 23.0 Å². The highest BCUT2D eigenvalue weighted by Gasteiger charge is 2.12. The van der Waals surface area contributed by atoms with Gasteiger partial charge in [0.15, 0.2) is 0 Å². The fraction of sp³-hybridized carbons (Fsp3) is 0.0952. The van der Waals surface area contributed by atoms with E-state index in [0.717, 1.165) is 10.0 Å². The number of carboxylic acids is 1. The van der Waals surface area contributed by atoms with E-state index in [2.05, 4.69) is 21.2 Å². The van der Waals surface area contributed by atoms with E-state index in [-0.39, 0.29) is 22.8 Å². The van der Waals surface area contributed by atoms with Gasteiger partial charge in [0.05, 0.1) is 15.6 Å². The van der Waals surface area contributed by atoms with Crippen LogP contribution in [0.15, 0.2) is 59.1 Å². The Kier molecular flexibility index (Phi) is 7.00. The van der Waals surface area contributed by atoms with E-state index in [4.69, 9.17) is 27.9 Å². The van der Waals surface area contributed by atoms with Gasteiger partial charge < -0.3 is 15.2 Å². The standard InChI is InChI=1S/C21H15BrCl2FNO3/c22-13-4-7-20(29-11-16-17(23)2-1-3-19(16)25)12(8-13)10-26-14-5-6-18(24)15(9-14)21(27)28/h1-9,26H,10-11H2,(H,27,28). The molecule has 8 heteroatoms. The molecule has 4 nitrogen and oxygen atoms in total. The molecule has 0 heterocycles. The molecule has 0 fully saturated rings. The predicted molar refractivity (Wildman–Crippen MR) is 116 cm³/mol. The van der Waals surface area contributed by atoms with Gasteiger partial charge in [-0.25, -0.2) is 9.18 Å². The smallest absolute Gasteiger partial charge is 0.337 e. The second-order valence-electron chi connectivity index (χ2n) is 6.09. The van der Waals surface area contributed by atoms with Crippen molar-refractivity contribution in [1.82, 2.24) is 0 Å². The summed E-state index contributed by atoms with van der Waals surface area (Å²) in [6.45, 7) is 0.324. The molecule has 150 valence electrons. The summed E-state index contributed by atoms with van der Waals surface area (Å²) in [6.07, 6.45) is 0. The third-order valence-electron chi connectivity index (χ3n) is 4.14. The van der Waals surface area contributed by atoms with E-state index in [9.17, 15) is 14.3 Å². The number of aromatic carboxylic acids is 1. The number of carboxylic acid groups (broad SMARTS) is 1. The summed E-state index contributed by atoms with van der Waals surface area (Å²) in [7, 11) is 0. The van der Waals surface area contributed by atoms with Gasteiger partial charge in [0.1, 0.15) is 18.2 Å². The van der Waals surface area contributed by atoms with Crippen molar-refractivity contribution in [3.63, 3.8) is 0 Å². The number of hydrogen-bond donors (Lipinski definition) is 2. The SMILES string of the molecule is O=C(O)c1cc(NCc2cc(Br)ccc2OCc2c(F)cccc2Cl)ccc1Cl. The lowest BCUT2D eigenvalue weighted by molar-refractivity contribution is 0.0697. The van der Waals surface area contributed by atoms with E-state index in [1.807, 2.05) is 12.1 Å². The van der Waals surface area contributed by atoms with E-state index < -0.39 is 11.8 Å². The largest absolute Gasteiger partial charge is 0.488 e. The quantitative estimate of drug-likeness (QED) is 0.376. The molecule has 0 saturated carbocycles. The average molecular weight is 499 g/mol. The second-order valence-corrected chi connectivity index (χ2v) is 7.82. The van der Waals surface area contributed by atoms with Crippen molar-refractivity contribution in [2.75, 3.05) is 5.32 Å². The summed E-state index contributed by atoms with van der Waals surface area (Å²) in [4.78, 5) is 11.2. The van der Waals surface area contributed by atoms with Gasteiger partial charge in [-0.3, -0.25) is 0 Å². The Morgan fingerprint density at radius 3 is 2.62 bits per heavy atom. The average Bonchev–Trinajstić information content (AvgIpc) is 2.68. The van der Waals surface area contributed by atoms with Gasteiger partial charge in [-0.1, -0.05) is 45.2 Å². The Labute approximate surface area is 185 Å². The highest BCUT2D eigenvalue weighted by Crippen LogP contribution is 2.28. The van der Waals surface area contributed by atoms with Crippen LogP contribution < -0.4 is 10.1 Å². The van der Waals surface area contributed by atoms with Crippen molar-refractivity contribution in [3.8, 4) is 5.75 Å². The van der Waals surface area contributed by atoms with Crippen LogP contribution in [0.4, 0.5) is 10.1 Å². The summed E-state index contributed by atoms with van der Waals surface area (Å²) in [5.74, 6) is -0.990. The fourth-order valence-corrected chi connectivity index (χ4v) is 3.47. The third kappa shape index (κ3) is 5.41. The Balaban J connectivity index is 1.77. The lowest BCUT2D eigenvalue weighted by Gasteiger charge is -2.15. The number of ether oxygens (including phenoxy) is 1. The van der Waals surface area contributed by atoms with Gasteiger partial charge in [-0.15, -0.1) is 0 Å². The molecule has 0 radical (unpaired) electrons. The predicted octanol–water partition coefficient (Wildman–Crippen LogP) is 6.78. The van der Waals surface area contributed by atoms with Crippen molar-refractivity contribution >= 4 is 50.8 Å². The minimum Gasteiger partial charge on any atom is -0.488 e. The molecule has 0 amide bonds. The topological polar surface area (TPSA) is 58.6 Å². The highest BCUT2D eigenvalue weighted by atomic mass is 79.9. The molecule has 0 atom stereocenters. The minimum atomic E-state index is -1.10. The van der Waals surface area contributed by atoms with Crippen molar-refractivity contribution < 1.29 is 19.0 Å². The van der Waals surface area contributed by atoms with E-state index >= 15 is 0 Å². The van der Waals surface area contributed by atoms with Crippen LogP contribution in [0.2, 0.25) is 10.0 Å². The number of anilines is 1. The summed E-state index contributed by atoms with van der Waals surface area (Å²) < 4.78 is 20.6. The molecule has 29 heavy (non-hydrogen) atoms. The number of rotatable bonds is 7. The van der Waals surface area contributed by atoms with Crippen LogP contribution in [0.5, 0.6) is 5.75 Å². The van der Waals surface area contributed by atoms with Crippen LogP contribution >= 0.6 is 39.1 Å². The molecule has 0 bridgehead atoms. The molecule has 3 rings (SSSR count). The molecule has 3 aromatic carbocycles. The van der Waals surface area contributed by atoms with Gasteiger partial charge in [-0.2, -0.15) is 0 Å². The van der Waals surface area contributed by atoms with Crippen molar-refractivity contribution in [1.29, 1.82) is 0 Å². The second kappa shape index (κ2) is 9.48. The fourth-order valence-electron chi connectivity index (χ4n) is 2.64. The van der Waals surface area contributed by atoms with Gasteiger partial charge in [0.2, 0.25) is 0 Å². The summed E-state index contributed by atoms with van der Waals surface area (Å²) >= 11 is 15.4. The van der Waals surface area contributed by atoms with Gasteiger partial charge in [0.25, 0.3) is 0 Å². The number of nitrogens with one attached hydrogen (secondary N) is 1. The first-order valence-electron chi connectivity index (χ1n) is 8.46. The Hall–Kier alpha value is -2.28. The Morgan fingerprint density at radius 2 is 1.90 bits per heavy atom. The van der Waals surface area contributed by atoms with Gasteiger partial charge in [0, 0.05) is 27.8 Å². The van der Waals surface area contributed by atoms with Gasteiger partial charge >= 0.3 is 5.97 Å². The van der Waals surface area contributed by atoms with Crippen LogP contribution in [0.3, 0.4) is 0 Å². The first-order valence-corrected chi connectivity index (χ1v) is 10.0. The molecule has 0 aliphatic heterocycles. The molecule has 0 aliphatic carbocycles. The lowest BCUT2D eigenvalue weighted by Crippen LogP contribution is -2.06. The normalized spacial score (nSPS) is 10.6. The maximum absolute atomic E-state index is 14.0. The van der Waals surface area contributed by atoms with Crippen LogP contribution in [-0.2, 0) is 13.2 Å². The molecule has 2 N–H and O–H groups in total. The van der Waals surface area contributed by atoms with Crippen LogP contribution in [0.1, 0.15) is 21.5 Å². The molecular formula is C21H15BrCl2FNO3. The molecule has 0 spiro atoms. The monoisotopic (exact) mass is 497 g/mol. The van der Waals surface area contributed by atoms with Crippen molar-refractivity contribution in [2.24, 2.45) is 0 Å². The van der Waals surface area contributed by atoms with Crippen LogP contribution in [-0.4, -0.2) is 11.1 Å². The number of benzene rings is 3. The van der Waals surface area contributed by atoms with Crippen LogP contribution in [0, 0.1) is 5.82 Å². The number of halogens is 4. The molecular weight excluding hydrogens is 484 g/mol. The zero-order valence-electron chi connectivity index (χ0n) is 14.9. The molecule has 0 aliphatic rings. The third-order valence-corrected chi connectivity index (χ3v) is 5.31. The molecule has 0 aromatic heterocycles. The van der Waals surface area contributed by atoms with Gasteiger partial charge in [-0.05, 0) is 48.5 Å². The molecule has 0 unspecified atom stereocenters. The first kappa shape index (κ1) is 21.4. The Morgan fingerprint density at radius 1 is 1.10 bits per heavy atom. The summed E-state index contributed by atoms with van der Waals surface area (Å²) in [5.41, 5.74) is 1.67. The summed E-state index contributed by atoms with van der Waals surface area (Å²) in [5, 5.41) is 12.8. The van der Waals surface area contributed by atoms with Crippen molar-refractivity contribution in [3.05, 3.63) is 91.6 Å². The maximum Gasteiger partial charge on any atom is 0.337 e. The zero-order valence-corrected chi connectivity index (χ0v) is 18.0. The van der Waals surface area contributed by atoms with E-state index in [1.54, 1.807) is 18.2 Å². The first-order chi connectivity index (χ1) is 13.8. The minimum absolute atomic E-state index is 0.0107. The van der Waals surface area contributed by atoms with E-state index in [1.165, 1.54) is 24.3 Å². The van der Waals surface area contributed by atoms with Crippen LogP contribution in [0.25, 0.3) is 0 Å². The lowest BCUT2D eigenvalue weighted by atomic mass is 10.1.